The molecule has 1 amide bonds. The second kappa shape index (κ2) is 12.1. The molecule has 1 saturated heterocycles. The fourth-order valence-corrected chi connectivity index (χ4v) is 7.93. The Morgan fingerprint density at radius 2 is 1.49 bits per heavy atom. The van der Waals surface area contributed by atoms with Gasteiger partial charge in [-0.3, -0.25) is 14.4 Å². The van der Waals surface area contributed by atoms with Gasteiger partial charge < -0.3 is 10.5 Å². The standard InChI is InChI=1S/C30H44N3O3P/c1-23(2)20-24(32-37(36,26-15-9-7-10-16-26)27-17-11-8-12-18-27)14-13-19-28(34)31-25-21-29(3,4)33(35)30(5,6)22-25/h7-18,23-25,35H,19-22H2,1-6H3,(H,31,34)(H,32,36). The molecule has 1 atom stereocenters. The molecule has 1 aliphatic rings. The van der Waals surface area contributed by atoms with Gasteiger partial charge in [0.1, 0.15) is 0 Å². The van der Waals surface area contributed by atoms with E-state index in [0.29, 0.717) is 18.8 Å². The van der Waals surface area contributed by atoms with Gasteiger partial charge in [-0.1, -0.05) is 62.4 Å². The molecule has 1 heterocycles. The molecule has 2 aromatic rings. The molecular formula is C30H44N3O3P. The largest absolute Gasteiger partial charge is 0.353 e. The number of rotatable bonds is 10. The van der Waals surface area contributed by atoms with Crippen molar-refractivity contribution in [3.05, 3.63) is 72.8 Å². The summed E-state index contributed by atoms with van der Waals surface area (Å²) in [6, 6.07) is 19.0. The maximum absolute atomic E-state index is 14.5. The summed E-state index contributed by atoms with van der Waals surface area (Å²) in [6.07, 6.45) is 6.26. The van der Waals surface area contributed by atoms with E-state index in [0.717, 1.165) is 17.0 Å². The Balaban J connectivity index is 1.73. The zero-order chi connectivity index (χ0) is 27.3. The van der Waals surface area contributed by atoms with E-state index in [1.54, 1.807) is 0 Å². The molecule has 0 spiro atoms. The molecule has 0 aromatic heterocycles. The first-order chi connectivity index (χ1) is 17.3. The highest BCUT2D eigenvalue weighted by Crippen LogP contribution is 2.40. The molecule has 202 valence electrons. The van der Waals surface area contributed by atoms with E-state index in [4.69, 9.17) is 0 Å². The summed E-state index contributed by atoms with van der Waals surface area (Å²) in [7, 11) is -3.09. The lowest BCUT2D eigenvalue weighted by Gasteiger charge is -2.51. The third-order valence-electron chi connectivity index (χ3n) is 6.99. The van der Waals surface area contributed by atoms with Crippen molar-refractivity contribution in [2.45, 2.75) is 90.4 Å². The number of carbonyl (C=O) groups is 1. The predicted octanol–water partition coefficient (Wildman–Crippen LogP) is 5.39. The van der Waals surface area contributed by atoms with Crippen LogP contribution in [0.1, 0.15) is 67.2 Å². The first kappa shape index (κ1) is 29.3. The van der Waals surface area contributed by atoms with Gasteiger partial charge in [0.25, 0.3) is 0 Å². The highest BCUT2D eigenvalue weighted by atomic mass is 31.2. The number of benzene rings is 2. The lowest BCUT2D eigenvalue weighted by molar-refractivity contribution is -0.246. The normalized spacial score (nSPS) is 19.2. The fourth-order valence-electron chi connectivity index (χ4n) is 5.49. The number of carbonyl (C=O) groups excluding carboxylic acids is 1. The van der Waals surface area contributed by atoms with Crippen LogP contribution in [0.15, 0.2) is 72.8 Å². The van der Waals surface area contributed by atoms with Crippen molar-refractivity contribution in [1.82, 2.24) is 15.5 Å². The van der Waals surface area contributed by atoms with Gasteiger partial charge in [-0.2, -0.15) is 5.06 Å². The minimum Gasteiger partial charge on any atom is -0.353 e. The van der Waals surface area contributed by atoms with Crippen LogP contribution in [0.4, 0.5) is 0 Å². The molecule has 37 heavy (non-hydrogen) atoms. The van der Waals surface area contributed by atoms with Crippen LogP contribution in [0, 0.1) is 5.92 Å². The van der Waals surface area contributed by atoms with Gasteiger partial charge in [0.05, 0.1) is 0 Å². The van der Waals surface area contributed by atoms with E-state index in [2.05, 4.69) is 24.3 Å². The summed E-state index contributed by atoms with van der Waals surface area (Å²) in [5, 5.41) is 20.1. The van der Waals surface area contributed by atoms with Crippen LogP contribution >= 0.6 is 7.29 Å². The third kappa shape index (κ3) is 7.64. The smallest absolute Gasteiger partial charge is 0.224 e. The Kier molecular flexibility index (Phi) is 9.57. The molecule has 1 fully saturated rings. The van der Waals surface area contributed by atoms with Crippen molar-refractivity contribution in [1.29, 1.82) is 0 Å². The van der Waals surface area contributed by atoms with Crippen LogP contribution in [0.25, 0.3) is 0 Å². The van der Waals surface area contributed by atoms with Crippen LogP contribution < -0.4 is 21.0 Å². The Bertz CT molecular complexity index is 1040. The molecule has 6 nitrogen and oxygen atoms in total. The molecule has 0 radical (unpaired) electrons. The summed E-state index contributed by atoms with van der Waals surface area (Å²) < 4.78 is 14.5. The first-order valence-corrected chi connectivity index (χ1v) is 15.0. The monoisotopic (exact) mass is 525 g/mol. The highest BCUT2D eigenvalue weighted by Gasteiger charge is 2.45. The van der Waals surface area contributed by atoms with Crippen molar-refractivity contribution in [2.24, 2.45) is 5.92 Å². The zero-order valence-electron chi connectivity index (χ0n) is 23.1. The number of hydroxylamine groups is 2. The van der Waals surface area contributed by atoms with Crippen LogP contribution in [0.5, 0.6) is 0 Å². The number of nitrogens with zero attached hydrogens (tertiary/aromatic N) is 1. The van der Waals surface area contributed by atoms with Crippen molar-refractivity contribution in [3.63, 3.8) is 0 Å². The molecule has 1 aliphatic heterocycles. The minimum absolute atomic E-state index is 0.00438. The summed E-state index contributed by atoms with van der Waals surface area (Å²) in [5.41, 5.74) is -0.838. The number of amides is 1. The molecular weight excluding hydrogens is 481 g/mol. The molecule has 2 aromatic carbocycles. The third-order valence-corrected chi connectivity index (χ3v) is 9.73. The Morgan fingerprint density at radius 3 is 1.95 bits per heavy atom. The maximum atomic E-state index is 14.5. The van der Waals surface area contributed by atoms with E-state index in [-0.39, 0.29) is 24.4 Å². The van der Waals surface area contributed by atoms with Crippen molar-refractivity contribution >= 4 is 23.8 Å². The van der Waals surface area contributed by atoms with Crippen molar-refractivity contribution in [2.75, 3.05) is 0 Å². The highest BCUT2D eigenvalue weighted by molar-refractivity contribution is 7.76. The average molecular weight is 526 g/mol. The zero-order valence-corrected chi connectivity index (χ0v) is 24.0. The molecule has 1 unspecified atom stereocenters. The predicted molar refractivity (Wildman–Crippen MR) is 153 cm³/mol. The van der Waals surface area contributed by atoms with Gasteiger partial charge in [0.2, 0.25) is 13.2 Å². The second-order valence-electron chi connectivity index (χ2n) is 11.9. The van der Waals surface area contributed by atoms with E-state index in [1.165, 1.54) is 5.06 Å². The maximum Gasteiger partial charge on any atom is 0.224 e. The molecule has 3 rings (SSSR count). The summed E-state index contributed by atoms with van der Waals surface area (Å²) in [6.45, 7) is 12.3. The Labute approximate surface area is 222 Å². The van der Waals surface area contributed by atoms with Gasteiger partial charge in [-0.25, -0.2) is 0 Å². The number of piperidine rings is 1. The number of nitrogens with one attached hydrogen (secondary N) is 2. The topological polar surface area (TPSA) is 81.7 Å². The van der Waals surface area contributed by atoms with Crippen LogP contribution in [-0.4, -0.2) is 39.3 Å². The summed E-state index contributed by atoms with van der Waals surface area (Å²) in [5.74, 6) is 0.334. The molecule has 3 N–H and O–H groups in total. The van der Waals surface area contributed by atoms with E-state index in [9.17, 15) is 14.6 Å². The molecule has 0 bridgehead atoms. The van der Waals surface area contributed by atoms with Crippen LogP contribution in [-0.2, 0) is 9.36 Å². The molecule has 0 aliphatic carbocycles. The van der Waals surface area contributed by atoms with Crippen molar-refractivity contribution in [3.8, 4) is 0 Å². The first-order valence-electron chi connectivity index (χ1n) is 13.3. The van der Waals surface area contributed by atoms with Gasteiger partial charge in [0.15, 0.2) is 0 Å². The Hall–Kier alpha value is -2.24. The molecule has 0 saturated carbocycles. The van der Waals surface area contributed by atoms with E-state index in [1.807, 2.05) is 101 Å². The second-order valence-corrected chi connectivity index (χ2v) is 14.4. The fraction of sp³-hybridized carbons (Fsp3) is 0.500. The van der Waals surface area contributed by atoms with Gasteiger partial charge >= 0.3 is 0 Å². The number of hydrogen-bond acceptors (Lipinski definition) is 4. The van der Waals surface area contributed by atoms with Crippen LogP contribution in [0.3, 0.4) is 0 Å². The quantitative estimate of drug-likeness (QED) is 0.286. The van der Waals surface area contributed by atoms with E-state index >= 15 is 0 Å². The average Bonchev–Trinajstić information content (AvgIpc) is 2.82. The minimum atomic E-state index is -3.09. The van der Waals surface area contributed by atoms with Crippen molar-refractivity contribution < 1.29 is 14.6 Å². The van der Waals surface area contributed by atoms with Gasteiger partial charge in [-0.15, -0.1) is 0 Å². The SMILES string of the molecule is CC(C)CC(C=CCC(=O)NC1CC(C)(C)N(O)C(C)(C)C1)NP(=O)(c1ccccc1)c1ccccc1. The number of hydrogen-bond donors (Lipinski definition) is 3. The van der Waals surface area contributed by atoms with Crippen LogP contribution in [0.2, 0.25) is 0 Å². The van der Waals surface area contributed by atoms with Gasteiger partial charge in [-0.05, 0) is 77.1 Å². The Morgan fingerprint density at radius 1 is 1.00 bits per heavy atom. The lowest BCUT2D eigenvalue weighted by Crippen LogP contribution is -2.62. The lowest BCUT2D eigenvalue weighted by atomic mass is 9.79. The summed E-state index contributed by atoms with van der Waals surface area (Å²) >= 11 is 0. The summed E-state index contributed by atoms with van der Waals surface area (Å²) in [4.78, 5) is 12.8. The van der Waals surface area contributed by atoms with Gasteiger partial charge in [0, 0.05) is 40.2 Å². The molecule has 7 heteroatoms. The van der Waals surface area contributed by atoms with E-state index < -0.39 is 18.4 Å².